The fraction of sp³-hybridized carbons (Fsp3) is 0.0909. The third-order valence-electron chi connectivity index (χ3n) is 2.23. The highest BCUT2D eigenvalue weighted by molar-refractivity contribution is 5.85. The predicted octanol–water partition coefficient (Wildman–Crippen LogP) is 2.02. The molecule has 0 unspecified atom stereocenters. The lowest BCUT2D eigenvalue weighted by molar-refractivity contribution is 0.0690. The number of hydrogen-bond donors (Lipinski definition) is 1. The van der Waals surface area contributed by atoms with E-state index >= 15 is 0 Å². The Labute approximate surface area is 90.9 Å². The zero-order chi connectivity index (χ0) is 11.7. The van der Waals surface area contributed by atoms with Crippen molar-refractivity contribution in [3.05, 3.63) is 47.5 Å². The fourth-order valence-electron chi connectivity index (χ4n) is 1.38. The summed E-state index contributed by atoms with van der Waals surface area (Å²) in [6.07, 6.45) is 1.42. The van der Waals surface area contributed by atoms with Gasteiger partial charge in [-0.25, -0.2) is 13.9 Å². The number of halogens is 1. The SMILES string of the molecule is Cc1cccc(-n2ccc(C(=O)O)n2)c1F. The lowest BCUT2D eigenvalue weighted by Crippen LogP contribution is -2.03. The average molecular weight is 220 g/mol. The van der Waals surface area contributed by atoms with Crippen molar-refractivity contribution in [2.75, 3.05) is 0 Å². The highest BCUT2D eigenvalue weighted by Crippen LogP contribution is 2.16. The van der Waals surface area contributed by atoms with Gasteiger partial charge in [-0.15, -0.1) is 0 Å². The topological polar surface area (TPSA) is 55.1 Å². The van der Waals surface area contributed by atoms with E-state index in [2.05, 4.69) is 5.10 Å². The van der Waals surface area contributed by atoms with Gasteiger partial charge in [-0.2, -0.15) is 5.10 Å². The van der Waals surface area contributed by atoms with E-state index in [4.69, 9.17) is 5.11 Å². The van der Waals surface area contributed by atoms with Crippen LogP contribution in [-0.2, 0) is 0 Å². The summed E-state index contributed by atoms with van der Waals surface area (Å²) < 4.78 is 14.9. The standard InChI is InChI=1S/C11H9FN2O2/c1-7-3-2-4-9(10(7)12)14-6-5-8(13-14)11(15)16/h2-6H,1H3,(H,15,16). The van der Waals surface area contributed by atoms with Gasteiger partial charge in [0.15, 0.2) is 11.5 Å². The van der Waals surface area contributed by atoms with Gasteiger partial charge in [0.05, 0.1) is 0 Å². The number of aryl methyl sites for hydroxylation is 1. The van der Waals surface area contributed by atoms with Crippen molar-refractivity contribution in [2.24, 2.45) is 0 Å². The zero-order valence-corrected chi connectivity index (χ0v) is 8.51. The molecule has 0 atom stereocenters. The highest BCUT2D eigenvalue weighted by atomic mass is 19.1. The Hall–Kier alpha value is -2.17. The molecule has 0 fully saturated rings. The van der Waals surface area contributed by atoms with Crippen molar-refractivity contribution < 1.29 is 14.3 Å². The van der Waals surface area contributed by atoms with Crippen LogP contribution in [0.4, 0.5) is 4.39 Å². The van der Waals surface area contributed by atoms with Gasteiger partial charge in [0.25, 0.3) is 0 Å². The Morgan fingerprint density at radius 3 is 2.81 bits per heavy atom. The van der Waals surface area contributed by atoms with E-state index in [9.17, 15) is 9.18 Å². The molecule has 1 N–H and O–H groups in total. The molecule has 0 aliphatic heterocycles. The number of aromatic carboxylic acids is 1. The molecule has 1 aromatic carbocycles. The molecule has 0 saturated heterocycles. The van der Waals surface area contributed by atoms with Gasteiger partial charge in [-0.3, -0.25) is 0 Å². The van der Waals surface area contributed by atoms with E-state index in [-0.39, 0.29) is 11.4 Å². The zero-order valence-electron chi connectivity index (χ0n) is 8.51. The second kappa shape index (κ2) is 3.77. The second-order valence-corrected chi connectivity index (χ2v) is 3.36. The van der Waals surface area contributed by atoms with Gasteiger partial charge in [0, 0.05) is 6.20 Å². The van der Waals surface area contributed by atoms with Crippen molar-refractivity contribution in [1.82, 2.24) is 9.78 Å². The number of nitrogens with zero attached hydrogens (tertiary/aromatic N) is 2. The summed E-state index contributed by atoms with van der Waals surface area (Å²) in [5, 5.41) is 12.5. The molecule has 5 heteroatoms. The number of benzene rings is 1. The van der Waals surface area contributed by atoms with Crippen LogP contribution in [0, 0.1) is 12.7 Å². The third-order valence-corrected chi connectivity index (χ3v) is 2.23. The van der Waals surface area contributed by atoms with Gasteiger partial charge < -0.3 is 5.11 Å². The molecule has 0 saturated carbocycles. The third kappa shape index (κ3) is 1.67. The lowest BCUT2D eigenvalue weighted by atomic mass is 10.2. The summed E-state index contributed by atoms with van der Waals surface area (Å²) in [4.78, 5) is 10.6. The molecule has 82 valence electrons. The summed E-state index contributed by atoms with van der Waals surface area (Å²) >= 11 is 0. The fourth-order valence-corrected chi connectivity index (χ4v) is 1.38. The first-order chi connectivity index (χ1) is 7.59. The minimum atomic E-state index is -1.13. The van der Waals surface area contributed by atoms with Gasteiger partial charge >= 0.3 is 5.97 Å². The normalized spacial score (nSPS) is 10.4. The first-order valence-electron chi connectivity index (χ1n) is 4.64. The largest absolute Gasteiger partial charge is 0.476 e. The number of carboxylic acid groups (broad SMARTS) is 1. The quantitative estimate of drug-likeness (QED) is 0.842. The van der Waals surface area contributed by atoms with Crippen LogP contribution in [0.3, 0.4) is 0 Å². The molecule has 0 aliphatic rings. The summed E-state index contributed by atoms with van der Waals surface area (Å²) in [5.74, 6) is -1.53. The van der Waals surface area contributed by atoms with Crippen LogP contribution in [-0.4, -0.2) is 20.9 Å². The maximum Gasteiger partial charge on any atom is 0.356 e. The highest BCUT2D eigenvalue weighted by Gasteiger charge is 2.11. The molecule has 1 heterocycles. The Balaban J connectivity index is 2.50. The number of hydrogen-bond acceptors (Lipinski definition) is 2. The van der Waals surface area contributed by atoms with E-state index in [1.54, 1.807) is 25.1 Å². The first-order valence-corrected chi connectivity index (χ1v) is 4.64. The minimum Gasteiger partial charge on any atom is -0.476 e. The van der Waals surface area contributed by atoms with E-state index in [0.29, 0.717) is 5.56 Å². The van der Waals surface area contributed by atoms with Crippen LogP contribution in [0.25, 0.3) is 5.69 Å². The minimum absolute atomic E-state index is 0.110. The predicted molar refractivity (Wildman–Crippen MR) is 55.2 cm³/mol. The van der Waals surface area contributed by atoms with Gasteiger partial charge in [-0.05, 0) is 24.6 Å². The molecule has 0 bridgehead atoms. The maximum atomic E-state index is 13.7. The lowest BCUT2D eigenvalue weighted by Gasteiger charge is -2.04. The van der Waals surface area contributed by atoms with Crippen LogP contribution in [0.2, 0.25) is 0 Å². The van der Waals surface area contributed by atoms with Gasteiger partial charge in [0.2, 0.25) is 0 Å². The monoisotopic (exact) mass is 220 g/mol. The number of aromatic nitrogens is 2. The first kappa shape index (κ1) is 10.4. The van der Waals surface area contributed by atoms with Crippen LogP contribution in [0.15, 0.2) is 30.5 Å². The Kier molecular flexibility index (Phi) is 2.44. The Bertz CT molecular complexity index is 549. The smallest absolute Gasteiger partial charge is 0.356 e. The van der Waals surface area contributed by atoms with Crippen molar-refractivity contribution >= 4 is 5.97 Å². The van der Waals surface area contributed by atoms with Crippen molar-refractivity contribution in [2.45, 2.75) is 6.92 Å². The molecule has 0 amide bonds. The van der Waals surface area contributed by atoms with Crippen LogP contribution in [0.1, 0.15) is 16.1 Å². The van der Waals surface area contributed by atoms with Crippen LogP contribution < -0.4 is 0 Å². The van der Waals surface area contributed by atoms with E-state index in [0.717, 1.165) is 0 Å². The number of carbonyl (C=O) groups is 1. The van der Waals surface area contributed by atoms with E-state index < -0.39 is 11.8 Å². The molecule has 0 aliphatic carbocycles. The molecular formula is C11H9FN2O2. The van der Waals surface area contributed by atoms with Crippen LogP contribution >= 0.6 is 0 Å². The molecule has 2 rings (SSSR count). The second-order valence-electron chi connectivity index (χ2n) is 3.36. The van der Waals surface area contributed by atoms with Crippen molar-refractivity contribution in [3.8, 4) is 5.69 Å². The van der Waals surface area contributed by atoms with Gasteiger partial charge in [-0.1, -0.05) is 12.1 Å². The number of carboxylic acids is 1. The Morgan fingerprint density at radius 1 is 1.44 bits per heavy atom. The number of rotatable bonds is 2. The summed E-state index contributed by atoms with van der Waals surface area (Å²) in [5.41, 5.74) is 0.623. The van der Waals surface area contributed by atoms with E-state index in [1.165, 1.54) is 16.9 Å². The molecule has 4 nitrogen and oxygen atoms in total. The average Bonchev–Trinajstić information content (AvgIpc) is 2.71. The summed E-state index contributed by atoms with van der Waals surface area (Å²) in [6, 6.07) is 6.20. The summed E-state index contributed by atoms with van der Waals surface area (Å²) in [6.45, 7) is 1.64. The molecule has 2 aromatic rings. The molecule has 1 aromatic heterocycles. The Morgan fingerprint density at radius 2 is 2.19 bits per heavy atom. The maximum absolute atomic E-state index is 13.7. The van der Waals surface area contributed by atoms with Crippen molar-refractivity contribution in [1.29, 1.82) is 0 Å². The molecule has 16 heavy (non-hydrogen) atoms. The van der Waals surface area contributed by atoms with E-state index in [1.807, 2.05) is 0 Å². The van der Waals surface area contributed by atoms with Crippen LogP contribution in [0.5, 0.6) is 0 Å². The van der Waals surface area contributed by atoms with Crippen molar-refractivity contribution in [3.63, 3.8) is 0 Å². The molecule has 0 spiro atoms. The summed E-state index contributed by atoms with van der Waals surface area (Å²) in [7, 11) is 0. The molecule has 0 radical (unpaired) electrons. The van der Waals surface area contributed by atoms with Gasteiger partial charge in [0.1, 0.15) is 5.69 Å². The molecular weight excluding hydrogens is 211 g/mol.